The quantitative estimate of drug-likeness (QED) is 0.316. The summed E-state index contributed by atoms with van der Waals surface area (Å²) in [5.41, 5.74) is 17.5. The van der Waals surface area contributed by atoms with Gasteiger partial charge in [0.15, 0.2) is 0 Å². The summed E-state index contributed by atoms with van der Waals surface area (Å²) in [5, 5.41) is 0. The van der Waals surface area contributed by atoms with E-state index in [1.165, 1.54) is 44.5 Å². The van der Waals surface area contributed by atoms with Crippen molar-refractivity contribution in [3.05, 3.63) is 94.0 Å². The molecule has 3 heteroatoms. The highest BCUT2D eigenvalue weighted by Gasteiger charge is 2.78. The highest BCUT2D eigenvalue weighted by molar-refractivity contribution is 5.77. The molecule has 1 saturated carbocycles. The Labute approximate surface area is 260 Å². The smallest absolute Gasteiger partial charge is 0.208 e. The van der Waals surface area contributed by atoms with E-state index in [1.54, 1.807) is 0 Å². The highest BCUT2D eigenvalue weighted by Crippen LogP contribution is 2.81. The molecule has 2 N–H and O–H groups in total. The van der Waals surface area contributed by atoms with Gasteiger partial charge >= 0.3 is 0 Å². The van der Waals surface area contributed by atoms with E-state index in [4.69, 9.17) is 15.2 Å². The van der Waals surface area contributed by atoms with E-state index < -0.39 is 5.79 Å². The van der Waals surface area contributed by atoms with Gasteiger partial charge in [-0.25, -0.2) is 0 Å². The van der Waals surface area contributed by atoms with Crippen molar-refractivity contribution in [3.63, 3.8) is 0 Å². The van der Waals surface area contributed by atoms with Crippen molar-refractivity contribution >= 4 is 0 Å². The van der Waals surface area contributed by atoms with Gasteiger partial charge in [-0.1, -0.05) is 122 Å². The van der Waals surface area contributed by atoms with Crippen molar-refractivity contribution < 1.29 is 9.47 Å². The maximum atomic E-state index is 7.17. The first kappa shape index (κ1) is 30.6. The lowest BCUT2D eigenvalue weighted by atomic mass is 9.60. The number of fused-ring (bicyclic) bond motifs is 4. The summed E-state index contributed by atoms with van der Waals surface area (Å²) < 4.78 is 14.3. The summed E-state index contributed by atoms with van der Waals surface area (Å²) in [4.78, 5) is 0. The molecule has 1 heterocycles. The third-order valence-electron chi connectivity index (χ3n) is 10.7. The molecule has 0 bridgehead atoms. The Hall–Kier alpha value is -2.46. The molecule has 3 aromatic rings. The average Bonchev–Trinajstić information content (AvgIpc) is 3.52. The SMILES string of the molecule is Cc1cc(C)c(C2(CN)OC(C(C)(C)C)CC(C(C)(C)C)O2)c([C@@]23CC2(CC(C)C)c2cc(-c4ccccc4)ccc23)c1. The van der Waals surface area contributed by atoms with Gasteiger partial charge in [-0.3, -0.25) is 0 Å². The lowest BCUT2D eigenvalue weighted by molar-refractivity contribution is -0.349. The summed E-state index contributed by atoms with van der Waals surface area (Å²) in [6, 6.07) is 22.8. The van der Waals surface area contributed by atoms with E-state index in [9.17, 15) is 0 Å². The normalized spacial score (nSPS) is 30.0. The van der Waals surface area contributed by atoms with E-state index in [2.05, 4.69) is 130 Å². The molecule has 3 aromatic carbocycles. The van der Waals surface area contributed by atoms with E-state index in [1.807, 2.05) is 0 Å². The third kappa shape index (κ3) is 4.64. The molecule has 230 valence electrons. The molecule has 3 aliphatic rings. The fourth-order valence-corrected chi connectivity index (χ4v) is 8.66. The van der Waals surface area contributed by atoms with Crippen LogP contribution in [-0.2, 0) is 26.1 Å². The molecule has 1 aliphatic heterocycles. The van der Waals surface area contributed by atoms with Crippen LogP contribution < -0.4 is 5.73 Å². The standard InChI is InChI=1S/C40H53NO2/c1-25(2)22-38-23-39(38,30-17-16-29(20-31(30)38)28-14-12-11-13-15-28)32-19-26(3)18-27(4)35(32)40(24-41)42-33(36(5,6)7)21-34(43-40)37(8,9)10/h11-20,25,33-34H,21-24,41H2,1-10H3/t33?,34?,38?,39-,40?/m0/s1. The number of nitrogens with two attached hydrogens (primary N) is 1. The zero-order valence-electron chi connectivity index (χ0n) is 28.2. The van der Waals surface area contributed by atoms with Crippen LogP contribution in [0.2, 0.25) is 0 Å². The van der Waals surface area contributed by atoms with Gasteiger partial charge in [0.05, 0.1) is 18.8 Å². The summed E-state index contributed by atoms with van der Waals surface area (Å²) in [5.74, 6) is -0.409. The Balaban J connectivity index is 1.55. The van der Waals surface area contributed by atoms with Crippen LogP contribution in [0.1, 0.15) is 108 Å². The first-order chi connectivity index (χ1) is 20.1. The zero-order chi connectivity index (χ0) is 31.2. The third-order valence-corrected chi connectivity index (χ3v) is 10.7. The van der Waals surface area contributed by atoms with Gasteiger partial charge in [0.2, 0.25) is 5.79 Å². The maximum absolute atomic E-state index is 7.17. The predicted molar refractivity (Wildman–Crippen MR) is 178 cm³/mol. The van der Waals surface area contributed by atoms with Crippen LogP contribution in [0.4, 0.5) is 0 Å². The zero-order valence-corrected chi connectivity index (χ0v) is 28.2. The lowest BCUT2D eigenvalue weighted by Crippen LogP contribution is -2.57. The van der Waals surface area contributed by atoms with Crippen LogP contribution in [0, 0.1) is 30.6 Å². The van der Waals surface area contributed by atoms with Gasteiger partial charge < -0.3 is 15.2 Å². The van der Waals surface area contributed by atoms with E-state index >= 15 is 0 Å². The second-order valence-corrected chi connectivity index (χ2v) is 16.5. The Morgan fingerprint density at radius 3 is 1.98 bits per heavy atom. The van der Waals surface area contributed by atoms with Crippen molar-refractivity contribution in [2.24, 2.45) is 22.5 Å². The molecule has 2 aliphatic carbocycles. The van der Waals surface area contributed by atoms with E-state index in [0.29, 0.717) is 5.92 Å². The molecule has 6 rings (SSSR count). The topological polar surface area (TPSA) is 44.5 Å². The fraction of sp³-hybridized carbons (Fsp3) is 0.550. The van der Waals surface area contributed by atoms with Gasteiger partial charge in [0, 0.05) is 22.8 Å². The number of benzene rings is 3. The molecule has 43 heavy (non-hydrogen) atoms. The summed E-state index contributed by atoms with van der Waals surface area (Å²) >= 11 is 0. The van der Waals surface area contributed by atoms with Gasteiger partial charge in [-0.15, -0.1) is 0 Å². The van der Waals surface area contributed by atoms with Crippen LogP contribution in [0.15, 0.2) is 60.7 Å². The number of hydrogen-bond donors (Lipinski definition) is 1. The Morgan fingerprint density at radius 2 is 1.42 bits per heavy atom. The van der Waals surface area contributed by atoms with Crippen LogP contribution in [0.3, 0.4) is 0 Å². The Morgan fingerprint density at radius 1 is 0.791 bits per heavy atom. The van der Waals surface area contributed by atoms with Gasteiger partial charge in [0.25, 0.3) is 0 Å². The number of aryl methyl sites for hydroxylation is 2. The first-order valence-corrected chi connectivity index (χ1v) is 16.5. The molecular formula is C40H53NO2. The molecule has 2 fully saturated rings. The largest absolute Gasteiger partial charge is 0.341 e. The van der Waals surface area contributed by atoms with Crippen molar-refractivity contribution in [2.75, 3.05) is 6.54 Å². The van der Waals surface area contributed by atoms with Crippen LogP contribution in [0.25, 0.3) is 11.1 Å². The second kappa shape index (κ2) is 10.0. The Bertz CT molecular complexity index is 1500. The van der Waals surface area contributed by atoms with Crippen LogP contribution in [-0.4, -0.2) is 18.8 Å². The summed E-state index contributed by atoms with van der Waals surface area (Å²) in [7, 11) is 0. The molecule has 1 saturated heterocycles. The molecule has 4 atom stereocenters. The van der Waals surface area contributed by atoms with Crippen molar-refractivity contribution in [1.82, 2.24) is 0 Å². The predicted octanol–water partition coefficient (Wildman–Crippen LogP) is 9.34. The maximum Gasteiger partial charge on any atom is 0.208 e. The monoisotopic (exact) mass is 579 g/mol. The molecule has 0 amide bonds. The Kier molecular flexibility index (Phi) is 7.13. The van der Waals surface area contributed by atoms with Crippen LogP contribution >= 0.6 is 0 Å². The van der Waals surface area contributed by atoms with Crippen molar-refractivity contribution in [3.8, 4) is 11.1 Å². The molecule has 0 spiro atoms. The van der Waals surface area contributed by atoms with Crippen LogP contribution in [0.5, 0.6) is 0 Å². The second-order valence-electron chi connectivity index (χ2n) is 16.5. The lowest BCUT2D eigenvalue weighted by Gasteiger charge is -2.53. The van der Waals surface area contributed by atoms with Crippen molar-refractivity contribution in [2.45, 2.75) is 117 Å². The number of ether oxygens (including phenoxy) is 2. The highest BCUT2D eigenvalue weighted by atomic mass is 16.7. The molecular weight excluding hydrogens is 526 g/mol. The van der Waals surface area contributed by atoms with E-state index in [0.717, 1.165) is 19.3 Å². The molecule has 0 radical (unpaired) electrons. The first-order valence-electron chi connectivity index (χ1n) is 16.5. The molecule has 0 aromatic heterocycles. The fourth-order valence-electron chi connectivity index (χ4n) is 8.66. The number of rotatable bonds is 6. The van der Waals surface area contributed by atoms with E-state index in [-0.39, 0.29) is 40.4 Å². The summed E-state index contributed by atoms with van der Waals surface area (Å²) in [6.45, 7) is 23.2. The minimum atomic E-state index is -0.998. The number of hydrogen-bond acceptors (Lipinski definition) is 3. The van der Waals surface area contributed by atoms with Gasteiger partial charge in [-0.05, 0) is 76.8 Å². The summed E-state index contributed by atoms with van der Waals surface area (Å²) in [6.07, 6.45) is 3.22. The van der Waals surface area contributed by atoms with Crippen molar-refractivity contribution in [1.29, 1.82) is 0 Å². The van der Waals surface area contributed by atoms with Gasteiger partial charge in [-0.2, -0.15) is 0 Å². The molecule has 3 unspecified atom stereocenters. The molecule has 3 nitrogen and oxygen atoms in total. The minimum Gasteiger partial charge on any atom is -0.341 e. The minimum absolute atomic E-state index is 0.0295. The average molecular weight is 580 g/mol. The van der Waals surface area contributed by atoms with Gasteiger partial charge in [0.1, 0.15) is 0 Å².